The third-order valence-electron chi connectivity index (χ3n) is 6.73. The number of fused-ring (bicyclic) bond motifs is 2. The molecule has 0 radical (unpaired) electrons. The van der Waals surface area contributed by atoms with E-state index in [-0.39, 0.29) is 32.1 Å². The van der Waals surface area contributed by atoms with Gasteiger partial charge < -0.3 is 25.0 Å². The molecule has 0 aromatic heterocycles. The number of carboxylic acids is 1. The molecule has 1 saturated heterocycles. The van der Waals surface area contributed by atoms with Gasteiger partial charge in [0.1, 0.15) is 12.6 Å². The number of aliphatic carboxylic acids is 1. The standard InChI is InChI=1S/C28H27N3O5/c32-26(22-10-6-12-24-21(22)14-13-20-9-4-5-11-23(20)29-24)31-16-15-30(17-25(31)27(33)34)28(35)36-18-19-7-2-1-3-8-19/h1-12,25,29H,13-18H2,(H,33,34)/t25-/m0/s1. The van der Waals surface area contributed by atoms with Gasteiger partial charge in [0.15, 0.2) is 0 Å². The van der Waals surface area contributed by atoms with Crippen molar-refractivity contribution in [1.82, 2.24) is 9.80 Å². The zero-order valence-corrected chi connectivity index (χ0v) is 19.7. The maximum absolute atomic E-state index is 13.7. The summed E-state index contributed by atoms with van der Waals surface area (Å²) >= 11 is 0. The van der Waals surface area contributed by atoms with Gasteiger partial charge in [0.2, 0.25) is 0 Å². The summed E-state index contributed by atoms with van der Waals surface area (Å²) in [4.78, 5) is 41.2. The van der Waals surface area contributed by atoms with Crippen LogP contribution in [0, 0.1) is 0 Å². The molecule has 2 aliphatic rings. The number of nitrogens with zero attached hydrogens (tertiary/aromatic N) is 2. The molecular formula is C28H27N3O5. The van der Waals surface area contributed by atoms with E-state index in [9.17, 15) is 19.5 Å². The molecule has 2 aliphatic heterocycles. The predicted molar refractivity (Wildman–Crippen MR) is 134 cm³/mol. The first-order chi connectivity index (χ1) is 17.5. The van der Waals surface area contributed by atoms with Gasteiger partial charge in [0.05, 0.1) is 6.54 Å². The van der Waals surface area contributed by atoms with Crippen molar-refractivity contribution in [3.05, 3.63) is 95.1 Å². The van der Waals surface area contributed by atoms with Gasteiger partial charge in [-0.15, -0.1) is 0 Å². The highest BCUT2D eigenvalue weighted by atomic mass is 16.6. The van der Waals surface area contributed by atoms with E-state index in [1.54, 1.807) is 12.1 Å². The van der Waals surface area contributed by atoms with Crippen LogP contribution < -0.4 is 5.32 Å². The highest BCUT2D eigenvalue weighted by Crippen LogP contribution is 2.32. The smallest absolute Gasteiger partial charge is 0.410 e. The Morgan fingerprint density at radius 1 is 0.889 bits per heavy atom. The normalized spacial score (nSPS) is 16.7. The Hall–Kier alpha value is -4.33. The van der Waals surface area contributed by atoms with Crippen molar-refractivity contribution in [1.29, 1.82) is 0 Å². The molecule has 3 aromatic carbocycles. The summed E-state index contributed by atoms with van der Waals surface area (Å²) < 4.78 is 5.38. The molecule has 36 heavy (non-hydrogen) atoms. The number of aryl methyl sites for hydroxylation is 1. The minimum absolute atomic E-state index is 0.0993. The van der Waals surface area contributed by atoms with Crippen molar-refractivity contribution in [2.24, 2.45) is 0 Å². The quantitative estimate of drug-likeness (QED) is 0.578. The Balaban J connectivity index is 1.32. The number of piperazine rings is 1. The van der Waals surface area contributed by atoms with E-state index in [1.165, 1.54) is 9.80 Å². The number of benzene rings is 3. The fraction of sp³-hybridized carbons (Fsp3) is 0.250. The third-order valence-corrected chi connectivity index (χ3v) is 6.73. The molecule has 5 rings (SSSR count). The van der Waals surface area contributed by atoms with Gasteiger partial charge in [-0.1, -0.05) is 54.6 Å². The van der Waals surface area contributed by atoms with Gasteiger partial charge in [-0.3, -0.25) is 4.79 Å². The fourth-order valence-corrected chi connectivity index (χ4v) is 4.81. The van der Waals surface area contributed by atoms with E-state index in [1.807, 2.05) is 54.6 Å². The maximum Gasteiger partial charge on any atom is 0.410 e. The lowest BCUT2D eigenvalue weighted by Gasteiger charge is -2.39. The van der Waals surface area contributed by atoms with E-state index >= 15 is 0 Å². The Morgan fingerprint density at radius 2 is 1.64 bits per heavy atom. The topological polar surface area (TPSA) is 99.2 Å². The zero-order chi connectivity index (χ0) is 25.1. The summed E-state index contributed by atoms with van der Waals surface area (Å²) in [6, 6.07) is 21.6. The van der Waals surface area contributed by atoms with Crippen molar-refractivity contribution in [3.63, 3.8) is 0 Å². The number of hydrogen-bond donors (Lipinski definition) is 2. The largest absolute Gasteiger partial charge is 0.480 e. The van der Waals surface area contributed by atoms with Gasteiger partial charge >= 0.3 is 12.1 Å². The average molecular weight is 486 g/mol. The van der Waals surface area contributed by atoms with Gasteiger partial charge in [0, 0.05) is 30.0 Å². The van der Waals surface area contributed by atoms with Crippen molar-refractivity contribution in [3.8, 4) is 0 Å². The minimum atomic E-state index is -1.16. The lowest BCUT2D eigenvalue weighted by atomic mass is 9.97. The average Bonchev–Trinajstić information content (AvgIpc) is 3.11. The highest BCUT2D eigenvalue weighted by molar-refractivity contribution is 6.00. The van der Waals surface area contributed by atoms with Crippen molar-refractivity contribution in [2.45, 2.75) is 25.5 Å². The lowest BCUT2D eigenvalue weighted by molar-refractivity contribution is -0.144. The summed E-state index contributed by atoms with van der Waals surface area (Å²) in [5.41, 5.74) is 5.22. The lowest BCUT2D eigenvalue weighted by Crippen LogP contribution is -2.59. The van der Waals surface area contributed by atoms with Crippen molar-refractivity contribution < 1.29 is 24.2 Å². The summed E-state index contributed by atoms with van der Waals surface area (Å²) in [5.74, 6) is -1.50. The van der Waals surface area contributed by atoms with Crippen LogP contribution in [-0.4, -0.2) is 58.6 Å². The number of ether oxygens (including phenoxy) is 1. The molecular weight excluding hydrogens is 458 g/mol. The monoisotopic (exact) mass is 485 g/mol. The van der Waals surface area contributed by atoms with Crippen LogP contribution in [0.5, 0.6) is 0 Å². The van der Waals surface area contributed by atoms with Crippen LogP contribution in [0.1, 0.15) is 27.0 Å². The van der Waals surface area contributed by atoms with Crippen molar-refractivity contribution in [2.75, 3.05) is 25.0 Å². The van der Waals surface area contributed by atoms with Crippen LogP contribution in [0.3, 0.4) is 0 Å². The van der Waals surface area contributed by atoms with Crippen LogP contribution in [-0.2, 0) is 29.0 Å². The van der Waals surface area contributed by atoms with Crippen LogP contribution >= 0.6 is 0 Å². The molecule has 0 saturated carbocycles. The molecule has 1 atom stereocenters. The third kappa shape index (κ3) is 4.75. The highest BCUT2D eigenvalue weighted by Gasteiger charge is 2.38. The van der Waals surface area contributed by atoms with Gasteiger partial charge in [-0.2, -0.15) is 0 Å². The second-order valence-electron chi connectivity index (χ2n) is 8.95. The number of carbonyl (C=O) groups excluding carboxylic acids is 2. The number of rotatable bonds is 4. The van der Waals surface area contributed by atoms with Crippen LogP contribution in [0.4, 0.5) is 16.2 Å². The van der Waals surface area contributed by atoms with Gasteiger partial charge in [-0.25, -0.2) is 9.59 Å². The van der Waals surface area contributed by atoms with E-state index in [0.717, 1.165) is 34.5 Å². The zero-order valence-electron chi connectivity index (χ0n) is 19.7. The second-order valence-corrected chi connectivity index (χ2v) is 8.95. The number of amides is 2. The minimum Gasteiger partial charge on any atom is -0.480 e. The Morgan fingerprint density at radius 3 is 2.44 bits per heavy atom. The molecule has 2 N–H and O–H groups in total. The molecule has 3 aromatic rings. The molecule has 0 unspecified atom stereocenters. The summed E-state index contributed by atoms with van der Waals surface area (Å²) in [6.45, 7) is 0.269. The molecule has 0 spiro atoms. The first-order valence-electron chi connectivity index (χ1n) is 12.0. The SMILES string of the molecule is O=C(O)[C@@H]1CN(C(=O)OCc2ccccc2)CCN1C(=O)c1cccc2c1CCc1ccccc1N2. The molecule has 2 heterocycles. The van der Waals surface area contributed by atoms with Crippen LogP contribution in [0.25, 0.3) is 0 Å². The number of hydrogen-bond acceptors (Lipinski definition) is 5. The number of para-hydroxylation sites is 1. The Labute approximate surface area is 209 Å². The van der Waals surface area contributed by atoms with E-state index < -0.39 is 18.1 Å². The molecule has 8 nitrogen and oxygen atoms in total. The molecule has 0 aliphatic carbocycles. The summed E-state index contributed by atoms with van der Waals surface area (Å²) in [6.07, 6.45) is 0.835. The number of anilines is 2. The van der Waals surface area contributed by atoms with E-state index in [4.69, 9.17) is 4.74 Å². The van der Waals surface area contributed by atoms with Gasteiger partial charge in [0.25, 0.3) is 5.91 Å². The Kier molecular flexibility index (Phi) is 6.58. The van der Waals surface area contributed by atoms with E-state index in [0.29, 0.717) is 12.0 Å². The predicted octanol–water partition coefficient (Wildman–Crippen LogP) is 4.08. The van der Waals surface area contributed by atoms with Gasteiger partial charge in [-0.05, 0) is 47.7 Å². The molecule has 0 bridgehead atoms. The number of nitrogens with one attached hydrogen (secondary N) is 1. The fourth-order valence-electron chi connectivity index (χ4n) is 4.81. The van der Waals surface area contributed by atoms with Crippen molar-refractivity contribution >= 4 is 29.3 Å². The Bertz CT molecular complexity index is 1290. The molecule has 8 heteroatoms. The number of carbonyl (C=O) groups is 3. The summed E-state index contributed by atoms with van der Waals surface area (Å²) in [5, 5.41) is 13.4. The summed E-state index contributed by atoms with van der Waals surface area (Å²) in [7, 11) is 0. The molecule has 2 amide bonds. The van der Waals surface area contributed by atoms with Crippen LogP contribution in [0.2, 0.25) is 0 Å². The first-order valence-corrected chi connectivity index (χ1v) is 12.0. The van der Waals surface area contributed by atoms with E-state index in [2.05, 4.69) is 11.4 Å². The first kappa shape index (κ1) is 23.4. The number of carboxylic acid groups (broad SMARTS) is 1. The maximum atomic E-state index is 13.7. The molecule has 184 valence electrons. The molecule has 1 fully saturated rings. The second kappa shape index (κ2) is 10.1. The van der Waals surface area contributed by atoms with Crippen LogP contribution in [0.15, 0.2) is 72.8 Å².